The molecule has 56 heavy (non-hydrogen) atoms. The van der Waals surface area contributed by atoms with Crippen LogP contribution in [-0.4, -0.2) is 67.9 Å². The second-order valence-electron chi connectivity index (χ2n) is 17.8. The van der Waals surface area contributed by atoms with E-state index in [0.29, 0.717) is 29.2 Å². The lowest BCUT2D eigenvalue weighted by molar-refractivity contribution is -0.135. The molecule has 298 valence electrons. The molecule has 9 unspecified atom stereocenters. The number of piperidine rings is 1. The minimum Gasteiger partial charge on any atom is -0.453 e. The molecule has 10 rings (SSSR count). The number of amidine groups is 1. The highest BCUT2D eigenvalue weighted by Crippen LogP contribution is 2.64. The summed E-state index contributed by atoms with van der Waals surface area (Å²) in [6, 6.07) is 2.47. The van der Waals surface area contributed by atoms with Crippen molar-refractivity contribution in [2.24, 2.45) is 40.5 Å². The molecule has 0 spiro atoms. The third-order valence-electron chi connectivity index (χ3n) is 14.6. The van der Waals surface area contributed by atoms with Crippen molar-refractivity contribution < 1.29 is 40.1 Å². The van der Waals surface area contributed by atoms with E-state index in [9.17, 15) is 31.2 Å². The number of carbonyl (C=O) groups is 2. The molecular formula is C42H47F3N4O6S. The number of aliphatic imine (C=N–C) groups is 1. The number of amides is 2. The van der Waals surface area contributed by atoms with Gasteiger partial charge in [0, 0.05) is 23.7 Å². The molecule has 10 nitrogen and oxygen atoms in total. The predicted octanol–water partition coefficient (Wildman–Crippen LogP) is 7.22. The van der Waals surface area contributed by atoms with Gasteiger partial charge >= 0.3 is 21.7 Å². The zero-order valence-corrected chi connectivity index (χ0v) is 32.5. The van der Waals surface area contributed by atoms with E-state index in [1.165, 1.54) is 36.3 Å². The number of ether oxygens (including phenoxy) is 1. The fourth-order valence-corrected chi connectivity index (χ4v) is 12.7. The Morgan fingerprint density at radius 2 is 1.62 bits per heavy atom. The van der Waals surface area contributed by atoms with Gasteiger partial charge in [0.2, 0.25) is 5.91 Å². The Morgan fingerprint density at radius 3 is 2.34 bits per heavy atom. The second kappa shape index (κ2) is 12.7. The highest BCUT2D eigenvalue weighted by atomic mass is 32.2. The maximum atomic E-state index is 14.0. The van der Waals surface area contributed by atoms with Gasteiger partial charge in [-0.3, -0.25) is 9.79 Å². The third-order valence-corrected chi connectivity index (χ3v) is 15.6. The quantitative estimate of drug-likeness (QED) is 0.210. The number of alkyl carbamates (subject to hydrolysis) is 1. The molecule has 2 amide bonds. The van der Waals surface area contributed by atoms with Crippen LogP contribution < -0.4 is 14.8 Å². The van der Waals surface area contributed by atoms with E-state index in [0.717, 1.165) is 74.0 Å². The van der Waals surface area contributed by atoms with E-state index in [-0.39, 0.29) is 53.5 Å². The summed E-state index contributed by atoms with van der Waals surface area (Å²) >= 11 is 0. The number of methoxy groups -OCH3 is 1. The molecule has 0 aromatic heterocycles. The van der Waals surface area contributed by atoms with Crippen LogP contribution in [0.2, 0.25) is 0 Å². The first-order chi connectivity index (χ1) is 26.7. The number of benzene rings is 1. The van der Waals surface area contributed by atoms with Crippen molar-refractivity contribution in [1.29, 1.82) is 0 Å². The molecule has 2 aliphatic heterocycles. The lowest BCUT2D eigenvalue weighted by Crippen LogP contribution is -2.56. The lowest BCUT2D eigenvalue weighted by atomic mass is 9.65. The standard InChI is InChI=1S/C42H47F3N4O6S/c1-19(2)38(48-41(51)54-3)40(50)49-31-17-25(31)18-32(49)39-46-29-12-8-20(16-30(29)47-39)26-9-10-27(35-22-5-4-21(14-22)34(26)35)28-11-13-33(55-56(52,53)42(43,44)45)37-24-7-6-23(15-24)36(28)37/h8-13,19,21-25,30-32,34-35,38H,4-7,14-18H2,1-3H3,(H,46,47)(H,48,51)/t21?,22?,23?,24?,25?,30?,31?,32-,34?,35?,38-/m0/s1. The maximum Gasteiger partial charge on any atom is 0.534 e. The fourth-order valence-electron chi connectivity index (χ4n) is 12.2. The van der Waals surface area contributed by atoms with E-state index >= 15 is 0 Å². The summed E-state index contributed by atoms with van der Waals surface area (Å²) in [4.78, 5) is 33.3. The van der Waals surface area contributed by atoms with Crippen LogP contribution >= 0.6 is 0 Å². The van der Waals surface area contributed by atoms with Gasteiger partial charge in [-0.05, 0) is 139 Å². The van der Waals surface area contributed by atoms with Crippen LogP contribution in [0.15, 0.2) is 58.3 Å². The molecule has 4 saturated carbocycles. The zero-order chi connectivity index (χ0) is 39.0. The molecule has 5 fully saturated rings. The number of nitrogens with zero attached hydrogens (tertiary/aromatic N) is 2. The Labute approximate surface area is 324 Å². The van der Waals surface area contributed by atoms with Gasteiger partial charge in [0.1, 0.15) is 17.6 Å². The van der Waals surface area contributed by atoms with Crippen LogP contribution in [-0.2, 0) is 19.6 Å². The number of halogens is 3. The van der Waals surface area contributed by atoms with Crippen molar-refractivity contribution in [3.05, 3.63) is 70.0 Å². The second-order valence-corrected chi connectivity index (χ2v) is 19.4. The van der Waals surface area contributed by atoms with Gasteiger partial charge in [0.05, 0.1) is 19.2 Å². The largest absolute Gasteiger partial charge is 0.534 e. The van der Waals surface area contributed by atoms with Crippen LogP contribution in [0.3, 0.4) is 0 Å². The predicted molar refractivity (Wildman–Crippen MR) is 202 cm³/mol. The van der Waals surface area contributed by atoms with E-state index in [1.807, 2.05) is 24.8 Å². The molecule has 1 aromatic carbocycles. The molecule has 1 saturated heterocycles. The molecule has 9 aliphatic rings. The smallest absolute Gasteiger partial charge is 0.453 e. The number of hydrogen-bond donors (Lipinski definition) is 2. The number of alkyl halides is 3. The van der Waals surface area contributed by atoms with Gasteiger partial charge in [-0.1, -0.05) is 38.1 Å². The lowest BCUT2D eigenvalue weighted by Gasteiger charge is -2.39. The number of carbonyl (C=O) groups excluding carboxylic acids is 2. The first kappa shape index (κ1) is 36.3. The normalized spacial score (nSPS) is 35.0. The zero-order valence-electron chi connectivity index (χ0n) is 31.6. The van der Waals surface area contributed by atoms with Crippen LogP contribution in [0.4, 0.5) is 18.0 Å². The summed E-state index contributed by atoms with van der Waals surface area (Å²) in [5, 5.41) is 6.34. The Hall–Kier alpha value is -4.07. The molecule has 4 bridgehead atoms. The van der Waals surface area contributed by atoms with Gasteiger partial charge < -0.3 is 24.5 Å². The average Bonchev–Trinajstić information content (AvgIpc) is 3.86. The molecule has 2 heterocycles. The minimum absolute atomic E-state index is 0.00766. The first-order valence-electron chi connectivity index (χ1n) is 20.2. The summed E-state index contributed by atoms with van der Waals surface area (Å²) in [5.41, 5.74) is 2.04. The van der Waals surface area contributed by atoms with Crippen LogP contribution in [0.1, 0.15) is 100 Å². The Kier molecular flexibility index (Phi) is 8.24. The summed E-state index contributed by atoms with van der Waals surface area (Å²) in [5.74, 6) is 2.64. The number of rotatable bonds is 8. The van der Waals surface area contributed by atoms with Crippen molar-refractivity contribution in [2.45, 2.75) is 113 Å². The van der Waals surface area contributed by atoms with Crippen LogP contribution in [0.25, 0.3) is 5.57 Å². The van der Waals surface area contributed by atoms with Crippen LogP contribution in [0.5, 0.6) is 5.75 Å². The van der Waals surface area contributed by atoms with Crippen molar-refractivity contribution in [2.75, 3.05) is 7.11 Å². The molecule has 14 heteroatoms. The number of fused-ring (bicyclic) bond motifs is 12. The van der Waals surface area contributed by atoms with Gasteiger partial charge in [0.15, 0.2) is 0 Å². The van der Waals surface area contributed by atoms with E-state index < -0.39 is 27.8 Å². The van der Waals surface area contributed by atoms with Gasteiger partial charge in [-0.25, -0.2) is 4.79 Å². The molecule has 7 aliphatic carbocycles. The number of hydrogen-bond acceptors (Lipinski definition) is 8. The number of nitrogens with one attached hydrogen (secondary N) is 2. The molecule has 11 atom stereocenters. The van der Waals surface area contributed by atoms with Gasteiger partial charge in [-0.15, -0.1) is 0 Å². The summed E-state index contributed by atoms with van der Waals surface area (Å²) in [6.45, 7) is 3.84. The molecular weight excluding hydrogens is 746 g/mol. The van der Waals surface area contributed by atoms with Crippen molar-refractivity contribution in [3.63, 3.8) is 0 Å². The summed E-state index contributed by atoms with van der Waals surface area (Å²) in [7, 11) is -4.49. The number of likely N-dealkylation sites (tertiary alicyclic amines) is 1. The maximum absolute atomic E-state index is 14.0. The van der Waals surface area contributed by atoms with E-state index in [1.54, 1.807) is 0 Å². The topological polar surface area (TPSA) is 126 Å². The fraction of sp³-hybridized carbons (Fsp3) is 0.595. The Morgan fingerprint density at radius 1 is 0.911 bits per heavy atom. The summed E-state index contributed by atoms with van der Waals surface area (Å²) < 4.78 is 74.1. The summed E-state index contributed by atoms with van der Waals surface area (Å²) in [6.07, 6.45) is 16.8. The Bertz CT molecular complexity index is 2190. The minimum atomic E-state index is -5.79. The SMILES string of the molecule is COC(=O)N[C@H](C(=O)N1C2CC2C[C@H]1C1=NC2CC(C3=CC=C(c4ccc(OS(=O)(=O)C(F)(F)F)c5c4C4CCC5C4)C4C5CCC(C5)C34)=CC=C2N1)C(C)C. The first-order valence-corrected chi connectivity index (χ1v) is 21.6. The third kappa shape index (κ3) is 5.54. The van der Waals surface area contributed by atoms with E-state index in [2.05, 4.69) is 34.9 Å². The Balaban J connectivity index is 0.938. The monoisotopic (exact) mass is 792 g/mol. The van der Waals surface area contributed by atoms with Crippen molar-refractivity contribution in [1.82, 2.24) is 15.5 Å². The van der Waals surface area contributed by atoms with E-state index in [4.69, 9.17) is 13.9 Å². The molecule has 1 aromatic rings. The molecule has 2 N–H and O–H groups in total. The van der Waals surface area contributed by atoms with Crippen molar-refractivity contribution >= 4 is 33.5 Å². The highest BCUT2D eigenvalue weighted by molar-refractivity contribution is 7.88. The molecule has 0 radical (unpaired) electrons. The number of allylic oxidation sites excluding steroid dienone is 6. The van der Waals surface area contributed by atoms with Gasteiger partial charge in [-0.2, -0.15) is 21.6 Å². The van der Waals surface area contributed by atoms with Gasteiger partial charge in [0.25, 0.3) is 0 Å². The average molecular weight is 793 g/mol. The van der Waals surface area contributed by atoms with Crippen LogP contribution in [0, 0.1) is 35.5 Å². The van der Waals surface area contributed by atoms with Crippen molar-refractivity contribution in [3.8, 4) is 5.75 Å². The highest BCUT2D eigenvalue weighted by Gasteiger charge is 2.58.